The summed E-state index contributed by atoms with van der Waals surface area (Å²) in [5.74, 6) is 1.63. The molecule has 1 N–H and O–H groups in total. The van der Waals surface area contributed by atoms with Gasteiger partial charge in [0.1, 0.15) is 0 Å². The molecule has 0 aliphatic carbocycles. The van der Waals surface area contributed by atoms with Gasteiger partial charge in [0.15, 0.2) is 5.13 Å². The summed E-state index contributed by atoms with van der Waals surface area (Å²) in [5.41, 5.74) is 0.957. The quantitative estimate of drug-likeness (QED) is 0.820. The zero-order valence-corrected chi connectivity index (χ0v) is 13.9. The Morgan fingerprint density at radius 1 is 1.60 bits per heavy atom. The van der Waals surface area contributed by atoms with E-state index in [-0.39, 0.29) is 5.91 Å². The molecule has 2 rings (SSSR count). The molecule has 1 unspecified atom stereocenters. The summed E-state index contributed by atoms with van der Waals surface area (Å²) in [6, 6.07) is 0.709. The number of likely N-dealkylation sites (tertiary alicyclic amines) is 1. The molecule has 1 saturated heterocycles. The third-order valence-corrected chi connectivity index (χ3v) is 5.48. The van der Waals surface area contributed by atoms with E-state index in [1.165, 1.54) is 43.6 Å². The van der Waals surface area contributed by atoms with Crippen LogP contribution in [0.25, 0.3) is 0 Å². The number of amides is 1. The van der Waals surface area contributed by atoms with Gasteiger partial charge in [-0.2, -0.15) is 11.8 Å². The predicted octanol–water partition coefficient (Wildman–Crippen LogP) is 3.00. The number of anilines is 1. The number of nitrogens with one attached hydrogen (secondary N) is 1. The van der Waals surface area contributed by atoms with Crippen molar-refractivity contribution >= 4 is 34.1 Å². The van der Waals surface area contributed by atoms with E-state index in [2.05, 4.69) is 22.2 Å². The highest BCUT2D eigenvalue weighted by Crippen LogP contribution is 2.20. The Morgan fingerprint density at radius 2 is 2.45 bits per heavy atom. The van der Waals surface area contributed by atoms with Crippen molar-refractivity contribution in [3.63, 3.8) is 0 Å². The number of aromatic nitrogens is 1. The Labute approximate surface area is 129 Å². The van der Waals surface area contributed by atoms with Gasteiger partial charge in [-0.3, -0.25) is 4.79 Å². The van der Waals surface area contributed by atoms with E-state index in [9.17, 15) is 4.79 Å². The van der Waals surface area contributed by atoms with Crippen molar-refractivity contribution in [3.8, 4) is 0 Å². The Kier molecular flexibility index (Phi) is 6.32. The van der Waals surface area contributed by atoms with Crippen LogP contribution in [-0.2, 0) is 4.79 Å². The molecule has 4 nitrogen and oxygen atoms in total. The fourth-order valence-corrected chi connectivity index (χ4v) is 4.00. The van der Waals surface area contributed by atoms with Crippen LogP contribution >= 0.6 is 23.1 Å². The highest BCUT2D eigenvalue weighted by Gasteiger charge is 2.18. The Balaban J connectivity index is 1.59. The maximum Gasteiger partial charge on any atom is 0.236 e. The Morgan fingerprint density at radius 3 is 3.15 bits per heavy atom. The van der Waals surface area contributed by atoms with E-state index in [0.717, 1.165) is 11.4 Å². The van der Waals surface area contributed by atoms with Crippen molar-refractivity contribution in [2.45, 2.75) is 38.6 Å². The fourth-order valence-electron chi connectivity index (χ4n) is 2.46. The lowest BCUT2D eigenvalue weighted by molar-refractivity contribution is -0.113. The van der Waals surface area contributed by atoms with E-state index in [0.29, 0.717) is 16.9 Å². The maximum absolute atomic E-state index is 11.8. The van der Waals surface area contributed by atoms with Gasteiger partial charge >= 0.3 is 0 Å². The third-order valence-electron chi connectivity index (χ3n) is 3.62. The molecule has 1 aromatic rings. The standard InChI is InChI=1S/C14H23N3OS2/c1-11-9-20-14(15-11)16-13(18)10-19-8-6-12-5-3-4-7-17(12)2/h9,12H,3-8,10H2,1-2H3,(H,15,16,18). The molecule has 1 amide bonds. The number of piperidine rings is 1. The summed E-state index contributed by atoms with van der Waals surface area (Å²) < 4.78 is 0. The summed E-state index contributed by atoms with van der Waals surface area (Å²) in [6.07, 6.45) is 5.17. The normalized spacial score (nSPS) is 20.0. The number of carbonyl (C=O) groups is 1. The average molecular weight is 313 g/mol. The number of nitrogens with zero attached hydrogens (tertiary/aromatic N) is 2. The maximum atomic E-state index is 11.8. The minimum atomic E-state index is 0.0568. The molecule has 0 aromatic carbocycles. The Hall–Kier alpha value is -0.590. The summed E-state index contributed by atoms with van der Waals surface area (Å²) in [5, 5.41) is 5.50. The minimum absolute atomic E-state index is 0.0568. The lowest BCUT2D eigenvalue weighted by Crippen LogP contribution is -2.36. The molecule has 6 heteroatoms. The molecule has 0 saturated carbocycles. The summed E-state index contributed by atoms with van der Waals surface area (Å²) in [7, 11) is 2.21. The molecule has 0 bridgehead atoms. The first kappa shape index (κ1) is 15.8. The van der Waals surface area contributed by atoms with Gasteiger partial charge in [0, 0.05) is 11.4 Å². The average Bonchev–Trinajstić information content (AvgIpc) is 2.82. The second-order valence-electron chi connectivity index (χ2n) is 5.31. The van der Waals surface area contributed by atoms with E-state index in [4.69, 9.17) is 0 Å². The number of rotatable bonds is 6. The topological polar surface area (TPSA) is 45.2 Å². The number of hydrogen-bond acceptors (Lipinski definition) is 5. The molecule has 1 aliphatic heterocycles. The van der Waals surface area contributed by atoms with Crippen molar-refractivity contribution in [2.75, 3.05) is 30.4 Å². The molecule has 0 radical (unpaired) electrons. The van der Waals surface area contributed by atoms with Crippen LogP contribution in [0.15, 0.2) is 5.38 Å². The van der Waals surface area contributed by atoms with Gasteiger partial charge in [-0.1, -0.05) is 6.42 Å². The van der Waals surface area contributed by atoms with Crippen molar-refractivity contribution in [1.82, 2.24) is 9.88 Å². The number of hydrogen-bond donors (Lipinski definition) is 1. The van der Waals surface area contributed by atoms with Gasteiger partial charge < -0.3 is 10.2 Å². The van der Waals surface area contributed by atoms with Crippen LogP contribution < -0.4 is 5.32 Å². The van der Waals surface area contributed by atoms with Crippen molar-refractivity contribution in [1.29, 1.82) is 0 Å². The second-order valence-corrected chi connectivity index (χ2v) is 7.28. The van der Waals surface area contributed by atoms with Crippen LogP contribution in [0.2, 0.25) is 0 Å². The van der Waals surface area contributed by atoms with E-state index in [1.54, 1.807) is 11.8 Å². The number of thioether (sulfide) groups is 1. The lowest BCUT2D eigenvalue weighted by Gasteiger charge is -2.32. The van der Waals surface area contributed by atoms with Gasteiger partial charge in [-0.25, -0.2) is 4.98 Å². The van der Waals surface area contributed by atoms with Crippen LogP contribution in [0.3, 0.4) is 0 Å². The minimum Gasteiger partial charge on any atom is -0.303 e. The monoisotopic (exact) mass is 313 g/mol. The second kappa shape index (κ2) is 8.00. The first-order chi connectivity index (χ1) is 9.65. The zero-order chi connectivity index (χ0) is 14.4. The van der Waals surface area contributed by atoms with Crippen LogP contribution in [0.4, 0.5) is 5.13 Å². The smallest absolute Gasteiger partial charge is 0.236 e. The molecule has 20 heavy (non-hydrogen) atoms. The molecule has 0 spiro atoms. The number of carbonyl (C=O) groups excluding carboxylic acids is 1. The van der Waals surface area contributed by atoms with Gasteiger partial charge in [0.2, 0.25) is 5.91 Å². The molecule has 1 fully saturated rings. The molecule has 2 heterocycles. The first-order valence-electron chi connectivity index (χ1n) is 7.15. The van der Waals surface area contributed by atoms with Crippen molar-refractivity contribution in [2.24, 2.45) is 0 Å². The van der Waals surface area contributed by atoms with Crippen LogP contribution in [-0.4, -0.2) is 46.9 Å². The van der Waals surface area contributed by atoms with E-state index < -0.39 is 0 Å². The lowest BCUT2D eigenvalue weighted by atomic mass is 10.0. The van der Waals surface area contributed by atoms with Gasteiger partial charge in [-0.05, 0) is 45.5 Å². The molecular formula is C14H23N3OS2. The summed E-state index contributed by atoms with van der Waals surface area (Å²) in [4.78, 5) is 18.5. The van der Waals surface area contributed by atoms with Crippen LogP contribution in [0.1, 0.15) is 31.4 Å². The van der Waals surface area contributed by atoms with E-state index >= 15 is 0 Å². The van der Waals surface area contributed by atoms with Crippen LogP contribution in [0, 0.1) is 6.92 Å². The van der Waals surface area contributed by atoms with Crippen molar-refractivity contribution in [3.05, 3.63) is 11.1 Å². The highest BCUT2D eigenvalue weighted by molar-refractivity contribution is 7.99. The first-order valence-corrected chi connectivity index (χ1v) is 9.18. The zero-order valence-electron chi connectivity index (χ0n) is 12.2. The summed E-state index contributed by atoms with van der Waals surface area (Å²) >= 11 is 3.20. The van der Waals surface area contributed by atoms with Crippen molar-refractivity contribution < 1.29 is 4.79 Å². The molecular weight excluding hydrogens is 290 g/mol. The van der Waals surface area contributed by atoms with Gasteiger partial charge in [0.25, 0.3) is 0 Å². The predicted molar refractivity (Wildman–Crippen MR) is 87.7 cm³/mol. The van der Waals surface area contributed by atoms with E-state index in [1.807, 2.05) is 12.3 Å². The Bertz CT molecular complexity index is 436. The fraction of sp³-hybridized carbons (Fsp3) is 0.714. The largest absolute Gasteiger partial charge is 0.303 e. The van der Waals surface area contributed by atoms with Crippen LogP contribution in [0.5, 0.6) is 0 Å². The van der Waals surface area contributed by atoms with Gasteiger partial charge in [0.05, 0.1) is 11.4 Å². The molecule has 1 atom stereocenters. The number of thiazole rings is 1. The summed E-state index contributed by atoms with van der Waals surface area (Å²) in [6.45, 7) is 3.15. The molecule has 112 valence electrons. The van der Waals surface area contributed by atoms with Gasteiger partial charge in [-0.15, -0.1) is 11.3 Å². The molecule has 1 aliphatic rings. The molecule has 1 aromatic heterocycles. The number of aryl methyl sites for hydroxylation is 1. The SMILES string of the molecule is Cc1csc(NC(=O)CSCCC2CCCCN2C)n1. The highest BCUT2D eigenvalue weighted by atomic mass is 32.2. The third kappa shape index (κ3) is 5.07.